The second-order valence-electron chi connectivity index (χ2n) is 7.70. The van der Waals surface area contributed by atoms with E-state index in [1.165, 1.54) is 0 Å². The molecule has 0 saturated carbocycles. The first kappa shape index (κ1) is 17.6. The molecule has 1 spiro atoms. The number of hydrogen-bond acceptors (Lipinski definition) is 3. The van der Waals surface area contributed by atoms with Crippen LogP contribution >= 0.6 is 0 Å². The summed E-state index contributed by atoms with van der Waals surface area (Å²) in [7, 11) is 1.61. The summed E-state index contributed by atoms with van der Waals surface area (Å²) in [5.74, 6) is 0.912. The van der Waals surface area contributed by atoms with E-state index in [4.69, 9.17) is 4.74 Å². The van der Waals surface area contributed by atoms with Gasteiger partial charge >= 0.3 is 0 Å². The average Bonchev–Trinajstić information content (AvgIpc) is 3.24. The number of aryl methyl sites for hydroxylation is 1. The summed E-state index contributed by atoms with van der Waals surface area (Å²) < 4.78 is 5.16. The summed E-state index contributed by atoms with van der Waals surface area (Å²) in [6, 6.07) is 15.2. The molecule has 2 saturated heterocycles. The monoisotopic (exact) mass is 364 g/mol. The molecule has 4 rings (SSSR count). The van der Waals surface area contributed by atoms with Crippen LogP contribution < -0.4 is 9.64 Å². The van der Waals surface area contributed by atoms with Gasteiger partial charge in [-0.2, -0.15) is 0 Å². The molecule has 0 bridgehead atoms. The third-order valence-corrected chi connectivity index (χ3v) is 5.70. The topological polar surface area (TPSA) is 49.9 Å². The standard InChI is InChI=1S/C22H24N2O3/c1-16-4-3-5-18(12-16)24-15-22(13-20(24)25)10-11-23(14-22)21(26)17-6-8-19(27-2)9-7-17/h3-9,12H,10-11,13-15H2,1-2H3. The summed E-state index contributed by atoms with van der Waals surface area (Å²) in [6.07, 6.45) is 1.37. The lowest BCUT2D eigenvalue weighted by molar-refractivity contribution is -0.117. The van der Waals surface area contributed by atoms with Crippen LogP contribution in [-0.2, 0) is 4.79 Å². The maximum absolute atomic E-state index is 12.9. The molecular formula is C22H24N2O3. The molecule has 1 unspecified atom stereocenters. The molecule has 2 aromatic rings. The Morgan fingerprint density at radius 2 is 1.89 bits per heavy atom. The Kier molecular flexibility index (Phi) is 4.38. The Bertz CT molecular complexity index is 877. The summed E-state index contributed by atoms with van der Waals surface area (Å²) in [6.45, 7) is 4.04. The van der Waals surface area contributed by atoms with Gasteiger partial charge in [-0.1, -0.05) is 12.1 Å². The van der Waals surface area contributed by atoms with Crippen LogP contribution in [0.3, 0.4) is 0 Å². The first-order valence-corrected chi connectivity index (χ1v) is 9.30. The van der Waals surface area contributed by atoms with E-state index < -0.39 is 0 Å². The van der Waals surface area contributed by atoms with E-state index in [0.29, 0.717) is 31.6 Å². The quantitative estimate of drug-likeness (QED) is 0.840. The molecule has 0 N–H and O–H groups in total. The summed E-state index contributed by atoms with van der Waals surface area (Å²) in [5, 5.41) is 0. The fourth-order valence-corrected chi connectivity index (χ4v) is 4.22. The van der Waals surface area contributed by atoms with E-state index in [1.54, 1.807) is 31.4 Å². The van der Waals surface area contributed by atoms with Gasteiger partial charge < -0.3 is 14.5 Å². The smallest absolute Gasteiger partial charge is 0.253 e. The number of methoxy groups -OCH3 is 1. The van der Waals surface area contributed by atoms with Crippen molar-refractivity contribution in [2.75, 3.05) is 31.6 Å². The highest BCUT2D eigenvalue weighted by molar-refractivity contribution is 5.97. The molecule has 2 heterocycles. The third kappa shape index (κ3) is 3.29. The molecule has 5 heteroatoms. The fraction of sp³-hybridized carbons (Fsp3) is 0.364. The van der Waals surface area contributed by atoms with Gasteiger partial charge in [0.05, 0.1) is 7.11 Å². The van der Waals surface area contributed by atoms with Gasteiger partial charge in [0.1, 0.15) is 5.75 Å². The lowest BCUT2D eigenvalue weighted by Crippen LogP contribution is -2.34. The minimum Gasteiger partial charge on any atom is -0.497 e. The van der Waals surface area contributed by atoms with Gasteiger partial charge in [-0.05, 0) is 55.3 Å². The van der Waals surface area contributed by atoms with E-state index in [9.17, 15) is 9.59 Å². The zero-order valence-electron chi connectivity index (χ0n) is 15.8. The maximum atomic E-state index is 12.9. The van der Waals surface area contributed by atoms with Crippen molar-refractivity contribution in [2.24, 2.45) is 5.41 Å². The number of amides is 2. The van der Waals surface area contributed by atoms with Gasteiger partial charge in [-0.25, -0.2) is 0 Å². The van der Waals surface area contributed by atoms with Crippen LogP contribution in [0, 0.1) is 12.3 Å². The Morgan fingerprint density at radius 1 is 1.11 bits per heavy atom. The predicted molar refractivity (Wildman–Crippen MR) is 104 cm³/mol. The predicted octanol–water partition coefficient (Wildman–Crippen LogP) is 3.27. The number of nitrogens with zero attached hydrogens (tertiary/aromatic N) is 2. The molecule has 2 amide bonds. The van der Waals surface area contributed by atoms with E-state index in [1.807, 2.05) is 41.0 Å². The molecule has 2 aromatic carbocycles. The molecule has 0 aromatic heterocycles. The SMILES string of the molecule is COc1ccc(C(=O)N2CCC3(CC(=O)N(c4cccc(C)c4)C3)C2)cc1. The largest absolute Gasteiger partial charge is 0.497 e. The Labute approximate surface area is 159 Å². The Morgan fingerprint density at radius 3 is 2.59 bits per heavy atom. The highest BCUT2D eigenvalue weighted by atomic mass is 16.5. The molecule has 2 aliphatic rings. The van der Waals surface area contributed by atoms with Crippen LogP contribution in [0.15, 0.2) is 48.5 Å². The molecule has 0 aliphatic carbocycles. The number of hydrogen-bond donors (Lipinski definition) is 0. The van der Waals surface area contributed by atoms with Crippen LogP contribution in [0.4, 0.5) is 5.69 Å². The van der Waals surface area contributed by atoms with Crippen molar-refractivity contribution in [3.05, 3.63) is 59.7 Å². The molecule has 2 aliphatic heterocycles. The summed E-state index contributed by atoms with van der Waals surface area (Å²) in [4.78, 5) is 29.3. The lowest BCUT2D eigenvalue weighted by atomic mass is 9.86. The minimum atomic E-state index is -0.136. The van der Waals surface area contributed by atoms with Crippen LogP contribution in [0.1, 0.15) is 28.8 Å². The fourth-order valence-electron chi connectivity index (χ4n) is 4.22. The summed E-state index contributed by atoms with van der Waals surface area (Å²) >= 11 is 0. The second kappa shape index (κ2) is 6.72. The summed E-state index contributed by atoms with van der Waals surface area (Å²) in [5.41, 5.74) is 2.62. The van der Waals surface area contributed by atoms with E-state index in [0.717, 1.165) is 23.4 Å². The number of carbonyl (C=O) groups excluding carboxylic acids is 2. The van der Waals surface area contributed by atoms with Crippen molar-refractivity contribution < 1.29 is 14.3 Å². The Balaban J connectivity index is 1.48. The number of likely N-dealkylation sites (tertiary alicyclic amines) is 1. The van der Waals surface area contributed by atoms with Gasteiger partial charge in [0.15, 0.2) is 0 Å². The minimum absolute atomic E-state index is 0.0241. The van der Waals surface area contributed by atoms with Crippen molar-refractivity contribution in [3.63, 3.8) is 0 Å². The maximum Gasteiger partial charge on any atom is 0.253 e. The lowest BCUT2D eigenvalue weighted by Gasteiger charge is -2.24. The van der Waals surface area contributed by atoms with Crippen LogP contribution in [0.5, 0.6) is 5.75 Å². The van der Waals surface area contributed by atoms with Crippen LogP contribution in [0.2, 0.25) is 0 Å². The molecule has 1 atom stereocenters. The van der Waals surface area contributed by atoms with Crippen molar-refractivity contribution in [3.8, 4) is 5.75 Å². The van der Waals surface area contributed by atoms with Crippen molar-refractivity contribution >= 4 is 17.5 Å². The molecule has 5 nitrogen and oxygen atoms in total. The van der Waals surface area contributed by atoms with Gasteiger partial charge in [-0.3, -0.25) is 9.59 Å². The van der Waals surface area contributed by atoms with Crippen LogP contribution in [-0.4, -0.2) is 43.5 Å². The highest BCUT2D eigenvalue weighted by Gasteiger charge is 2.48. The first-order chi connectivity index (χ1) is 13.0. The second-order valence-corrected chi connectivity index (χ2v) is 7.70. The number of anilines is 1. The first-order valence-electron chi connectivity index (χ1n) is 9.30. The number of benzene rings is 2. The zero-order valence-corrected chi connectivity index (χ0v) is 15.8. The van der Waals surface area contributed by atoms with Crippen molar-refractivity contribution in [1.82, 2.24) is 4.90 Å². The van der Waals surface area contributed by atoms with Crippen molar-refractivity contribution in [2.45, 2.75) is 19.8 Å². The van der Waals surface area contributed by atoms with E-state index in [2.05, 4.69) is 0 Å². The Hall–Kier alpha value is -2.82. The van der Waals surface area contributed by atoms with E-state index in [-0.39, 0.29) is 17.2 Å². The van der Waals surface area contributed by atoms with Gasteiger partial charge in [0.25, 0.3) is 5.91 Å². The normalized spacial score (nSPS) is 21.9. The number of rotatable bonds is 3. The number of carbonyl (C=O) groups is 2. The molecule has 27 heavy (non-hydrogen) atoms. The molecule has 2 fully saturated rings. The molecule has 0 radical (unpaired) electrons. The third-order valence-electron chi connectivity index (χ3n) is 5.70. The molecular weight excluding hydrogens is 340 g/mol. The van der Waals surface area contributed by atoms with Gasteiger partial charge in [0.2, 0.25) is 5.91 Å². The van der Waals surface area contributed by atoms with E-state index >= 15 is 0 Å². The van der Waals surface area contributed by atoms with Crippen LogP contribution in [0.25, 0.3) is 0 Å². The number of ether oxygens (including phenoxy) is 1. The molecule has 140 valence electrons. The van der Waals surface area contributed by atoms with Gasteiger partial charge in [0, 0.05) is 42.7 Å². The zero-order chi connectivity index (χ0) is 19.0. The van der Waals surface area contributed by atoms with Gasteiger partial charge in [-0.15, -0.1) is 0 Å². The average molecular weight is 364 g/mol. The highest BCUT2D eigenvalue weighted by Crippen LogP contribution is 2.42. The van der Waals surface area contributed by atoms with Crippen molar-refractivity contribution in [1.29, 1.82) is 0 Å².